The molecular weight excluding hydrogens is 328 g/mol. The number of nitrogens with one attached hydrogen (secondary N) is 2. The molecule has 0 saturated carbocycles. The SMILES string of the molecule is Cl.O=C(NC1CCCNC1)c1ccc(=O)n(Cc2ccccc2)n1. The average molecular weight is 349 g/mol. The number of amides is 1. The van der Waals surface area contributed by atoms with Crippen molar-refractivity contribution in [2.45, 2.75) is 25.4 Å². The van der Waals surface area contributed by atoms with Crippen molar-refractivity contribution in [2.24, 2.45) is 0 Å². The standard InChI is InChI=1S/C17H20N4O2.ClH/c22-16-9-8-15(17(23)19-14-7-4-10-18-11-14)20-21(16)12-13-5-2-1-3-6-13;/h1-3,5-6,8-9,14,18H,4,7,10-12H2,(H,19,23);1H. The highest BCUT2D eigenvalue weighted by Gasteiger charge is 2.17. The van der Waals surface area contributed by atoms with Crippen LogP contribution in [0, 0.1) is 0 Å². The van der Waals surface area contributed by atoms with Gasteiger partial charge in [-0.15, -0.1) is 12.4 Å². The monoisotopic (exact) mass is 348 g/mol. The van der Waals surface area contributed by atoms with Crippen LogP contribution in [0.3, 0.4) is 0 Å². The van der Waals surface area contributed by atoms with E-state index in [1.807, 2.05) is 30.3 Å². The number of halogens is 1. The van der Waals surface area contributed by atoms with Crippen LogP contribution in [0.5, 0.6) is 0 Å². The van der Waals surface area contributed by atoms with Crippen molar-refractivity contribution >= 4 is 18.3 Å². The Bertz CT molecular complexity index is 727. The summed E-state index contributed by atoms with van der Waals surface area (Å²) in [5.74, 6) is -0.236. The topological polar surface area (TPSA) is 76.0 Å². The third kappa shape index (κ3) is 4.66. The molecule has 0 spiro atoms. The first kappa shape index (κ1) is 18.2. The number of benzene rings is 1. The number of carbonyl (C=O) groups is 1. The molecule has 2 aromatic rings. The summed E-state index contributed by atoms with van der Waals surface area (Å²) in [4.78, 5) is 24.3. The van der Waals surface area contributed by atoms with Crippen molar-refractivity contribution in [2.75, 3.05) is 13.1 Å². The van der Waals surface area contributed by atoms with Gasteiger partial charge >= 0.3 is 0 Å². The van der Waals surface area contributed by atoms with Gasteiger partial charge in [-0.1, -0.05) is 30.3 Å². The molecule has 24 heavy (non-hydrogen) atoms. The van der Waals surface area contributed by atoms with Crippen molar-refractivity contribution in [1.82, 2.24) is 20.4 Å². The first-order valence-electron chi connectivity index (χ1n) is 7.86. The smallest absolute Gasteiger partial charge is 0.271 e. The minimum Gasteiger partial charge on any atom is -0.347 e. The summed E-state index contributed by atoms with van der Waals surface area (Å²) in [6.45, 7) is 2.12. The molecular formula is C17H21ClN4O2. The molecule has 1 amide bonds. The quantitative estimate of drug-likeness (QED) is 0.870. The minimum atomic E-state index is -0.236. The van der Waals surface area contributed by atoms with Crippen molar-refractivity contribution in [3.05, 3.63) is 64.1 Å². The maximum absolute atomic E-state index is 12.3. The predicted molar refractivity (Wildman–Crippen MR) is 94.6 cm³/mol. The van der Waals surface area contributed by atoms with E-state index in [2.05, 4.69) is 15.7 Å². The van der Waals surface area contributed by atoms with Crippen LogP contribution >= 0.6 is 12.4 Å². The maximum Gasteiger partial charge on any atom is 0.271 e. The van der Waals surface area contributed by atoms with Gasteiger partial charge in [0, 0.05) is 18.7 Å². The lowest BCUT2D eigenvalue weighted by atomic mass is 10.1. The number of aromatic nitrogens is 2. The largest absolute Gasteiger partial charge is 0.347 e. The summed E-state index contributed by atoms with van der Waals surface area (Å²) < 4.78 is 1.32. The third-order valence-corrected chi connectivity index (χ3v) is 3.91. The molecule has 0 aliphatic carbocycles. The molecule has 0 bridgehead atoms. The van der Waals surface area contributed by atoms with E-state index in [0.717, 1.165) is 31.5 Å². The maximum atomic E-state index is 12.3. The van der Waals surface area contributed by atoms with Crippen LogP contribution in [-0.2, 0) is 6.54 Å². The second kappa shape index (κ2) is 8.61. The third-order valence-electron chi connectivity index (χ3n) is 3.91. The zero-order chi connectivity index (χ0) is 16.1. The van der Waals surface area contributed by atoms with E-state index in [-0.39, 0.29) is 35.6 Å². The highest BCUT2D eigenvalue weighted by Crippen LogP contribution is 2.03. The van der Waals surface area contributed by atoms with Gasteiger partial charge in [0.2, 0.25) is 0 Å². The molecule has 1 aromatic heterocycles. The van der Waals surface area contributed by atoms with Crippen molar-refractivity contribution < 1.29 is 4.79 Å². The van der Waals surface area contributed by atoms with Crippen LogP contribution in [0.1, 0.15) is 28.9 Å². The minimum absolute atomic E-state index is 0. The van der Waals surface area contributed by atoms with Crippen molar-refractivity contribution in [1.29, 1.82) is 0 Å². The molecule has 128 valence electrons. The van der Waals surface area contributed by atoms with E-state index < -0.39 is 0 Å². The van der Waals surface area contributed by atoms with Gasteiger partial charge in [-0.2, -0.15) is 5.10 Å². The van der Waals surface area contributed by atoms with Gasteiger partial charge in [0.25, 0.3) is 11.5 Å². The highest BCUT2D eigenvalue weighted by atomic mass is 35.5. The Hall–Kier alpha value is -2.18. The van der Waals surface area contributed by atoms with Gasteiger partial charge in [0.1, 0.15) is 5.69 Å². The summed E-state index contributed by atoms with van der Waals surface area (Å²) in [6, 6.07) is 12.6. The molecule has 3 rings (SSSR count). The lowest BCUT2D eigenvalue weighted by molar-refractivity contribution is 0.0923. The molecule has 1 aliphatic heterocycles. The summed E-state index contributed by atoms with van der Waals surface area (Å²) in [5.41, 5.74) is 1.02. The van der Waals surface area contributed by atoms with Crippen LogP contribution in [-0.4, -0.2) is 34.8 Å². The number of carbonyl (C=O) groups excluding carboxylic acids is 1. The van der Waals surface area contributed by atoms with E-state index in [1.54, 1.807) is 0 Å². The molecule has 7 heteroatoms. The second-order valence-corrected chi connectivity index (χ2v) is 5.72. The van der Waals surface area contributed by atoms with Gasteiger partial charge in [-0.25, -0.2) is 4.68 Å². The summed E-state index contributed by atoms with van der Waals surface area (Å²) >= 11 is 0. The fourth-order valence-corrected chi connectivity index (χ4v) is 2.67. The Morgan fingerprint density at radius 1 is 1.25 bits per heavy atom. The molecule has 0 radical (unpaired) electrons. The highest BCUT2D eigenvalue weighted by molar-refractivity contribution is 5.92. The molecule has 1 saturated heterocycles. The Morgan fingerprint density at radius 3 is 2.75 bits per heavy atom. The fraction of sp³-hybridized carbons (Fsp3) is 0.353. The lowest BCUT2D eigenvalue weighted by Gasteiger charge is -2.23. The number of nitrogens with zero attached hydrogens (tertiary/aromatic N) is 2. The number of piperidine rings is 1. The van der Waals surface area contributed by atoms with E-state index >= 15 is 0 Å². The zero-order valence-corrected chi connectivity index (χ0v) is 14.1. The van der Waals surface area contributed by atoms with Gasteiger partial charge in [-0.05, 0) is 31.0 Å². The van der Waals surface area contributed by atoms with E-state index in [9.17, 15) is 9.59 Å². The molecule has 1 atom stereocenters. The number of rotatable bonds is 4. The number of hydrogen-bond acceptors (Lipinski definition) is 4. The summed E-state index contributed by atoms with van der Waals surface area (Å²) in [5, 5.41) is 10.4. The Balaban J connectivity index is 0.00000208. The van der Waals surface area contributed by atoms with E-state index in [1.165, 1.54) is 16.8 Å². The van der Waals surface area contributed by atoms with Gasteiger partial charge in [-0.3, -0.25) is 9.59 Å². The first-order chi connectivity index (χ1) is 11.2. The van der Waals surface area contributed by atoms with Crippen LogP contribution in [0.4, 0.5) is 0 Å². The van der Waals surface area contributed by atoms with Crippen LogP contribution < -0.4 is 16.2 Å². The molecule has 2 heterocycles. The molecule has 1 unspecified atom stereocenters. The fourth-order valence-electron chi connectivity index (χ4n) is 2.67. The van der Waals surface area contributed by atoms with Crippen molar-refractivity contribution in [3.8, 4) is 0 Å². The molecule has 1 aromatic carbocycles. The molecule has 1 fully saturated rings. The Kier molecular flexibility index (Phi) is 6.52. The molecule has 6 nitrogen and oxygen atoms in total. The predicted octanol–water partition coefficient (Wildman–Crippen LogP) is 1.20. The summed E-state index contributed by atoms with van der Waals surface area (Å²) in [7, 11) is 0. The summed E-state index contributed by atoms with van der Waals surface area (Å²) in [6.07, 6.45) is 2.01. The first-order valence-corrected chi connectivity index (χ1v) is 7.86. The average Bonchev–Trinajstić information content (AvgIpc) is 2.58. The van der Waals surface area contributed by atoms with E-state index in [0.29, 0.717) is 6.54 Å². The zero-order valence-electron chi connectivity index (χ0n) is 13.3. The normalized spacial score (nSPS) is 16.9. The van der Waals surface area contributed by atoms with E-state index in [4.69, 9.17) is 0 Å². The van der Waals surface area contributed by atoms with Crippen molar-refractivity contribution in [3.63, 3.8) is 0 Å². The number of hydrogen-bond donors (Lipinski definition) is 2. The Morgan fingerprint density at radius 2 is 2.04 bits per heavy atom. The van der Waals surface area contributed by atoms with Gasteiger partial charge in [0.15, 0.2) is 0 Å². The van der Waals surface area contributed by atoms with Gasteiger partial charge < -0.3 is 10.6 Å². The van der Waals surface area contributed by atoms with Crippen LogP contribution in [0.25, 0.3) is 0 Å². The Labute approximate surface area is 146 Å². The van der Waals surface area contributed by atoms with Crippen LogP contribution in [0.15, 0.2) is 47.3 Å². The molecule has 2 N–H and O–H groups in total. The van der Waals surface area contributed by atoms with Crippen LogP contribution in [0.2, 0.25) is 0 Å². The second-order valence-electron chi connectivity index (χ2n) is 5.72. The molecule has 1 aliphatic rings. The van der Waals surface area contributed by atoms with Gasteiger partial charge in [0.05, 0.1) is 6.54 Å². The lowest BCUT2D eigenvalue weighted by Crippen LogP contribution is -2.46.